The number of hydrogen-bond acceptors (Lipinski definition) is 3. The lowest BCUT2D eigenvalue weighted by Gasteiger charge is -2.12. The third-order valence-electron chi connectivity index (χ3n) is 3.53. The van der Waals surface area contributed by atoms with Gasteiger partial charge in [0, 0.05) is 6.42 Å². The van der Waals surface area contributed by atoms with Crippen LogP contribution in [0.3, 0.4) is 0 Å². The number of benzene rings is 2. The van der Waals surface area contributed by atoms with Crippen LogP contribution >= 0.6 is 0 Å². The Balaban J connectivity index is 1.89. The zero-order chi connectivity index (χ0) is 14.8. The van der Waals surface area contributed by atoms with Crippen LogP contribution < -0.4 is 0 Å². The maximum Gasteiger partial charge on any atom is 0.123 e. The topological polar surface area (TPSA) is 46.0 Å². The summed E-state index contributed by atoms with van der Waals surface area (Å²) in [5.41, 5.74) is 3.75. The Morgan fingerprint density at radius 3 is 2.71 bits per heavy atom. The van der Waals surface area contributed by atoms with E-state index in [-0.39, 0.29) is 5.82 Å². The summed E-state index contributed by atoms with van der Waals surface area (Å²) in [5, 5.41) is 10.3. The minimum Gasteiger partial charge on any atom is -0.386 e. The predicted octanol–water partition coefficient (Wildman–Crippen LogP) is 3.35. The average molecular weight is 282 g/mol. The van der Waals surface area contributed by atoms with Gasteiger partial charge in [0.2, 0.25) is 0 Å². The molecule has 0 saturated carbocycles. The molecule has 1 heterocycles. The van der Waals surface area contributed by atoms with Gasteiger partial charge >= 0.3 is 0 Å². The van der Waals surface area contributed by atoms with Gasteiger partial charge in [0.15, 0.2) is 0 Å². The van der Waals surface area contributed by atoms with E-state index in [1.165, 1.54) is 12.1 Å². The minimum absolute atomic E-state index is 0.299. The second-order valence-corrected chi connectivity index (χ2v) is 5.07. The largest absolute Gasteiger partial charge is 0.386 e. The molecule has 0 radical (unpaired) electrons. The molecule has 106 valence electrons. The molecule has 4 heteroatoms. The summed E-state index contributed by atoms with van der Waals surface area (Å²) in [6, 6.07) is 12.1. The quantitative estimate of drug-likeness (QED) is 0.801. The van der Waals surface area contributed by atoms with Crippen molar-refractivity contribution in [3.63, 3.8) is 0 Å². The Morgan fingerprint density at radius 1 is 1.14 bits per heavy atom. The van der Waals surface area contributed by atoms with E-state index < -0.39 is 6.10 Å². The fourth-order valence-electron chi connectivity index (χ4n) is 2.30. The third kappa shape index (κ3) is 2.90. The van der Waals surface area contributed by atoms with E-state index in [1.54, 1.807) is 12.3 Å². The lowest BCUT2D eigenvalue weighted by Crippen LogP contribution is -2.06. The maximum absolute atomic E-state index is 13.3. The van der Waals surface area contributed by atoms with Gasteiger partial charge in [-0.15, -0.1) is 0 Å². The van der Waals surface area contributed by atoms with Crippen LogP contribution in [0.4, 0.5) is 4.39 Å². The van der Waals surface area contributed by atoms with Gasteiger partial charge in [-0.05, 0) is 42.3 Å². The molecular formula is C17H15FN2O. The number of halogens is 1. The maximum atomic E-state index is 13.3. The van der Waals surface area contributed by atoms with Crippen molar-refractivity contribution < 1.29 is 9.50 Å². The van der Waals surface area contributed by atoms with Crippen LogP contribution in [0.1, 0.15) is 22.9 Å². The number of aliphatic hydroxyl groups excluding tert-OH is 1. The molecule has 1 atom stereocenters. The highest BCUT2D eigenvalue weighted by atomic mass is 19.1. The first-order valence-electron chi connectivity index (χ1n) is 6.78. The molecule has 3 aromatic rings. The molecule has 3 rings (SSSR count). The summed E-state index contributed by atoms with van der Waals surface area (Å²) in [6.45, 7) is 1.90. The second-order valence-electron chi connectivity index (χ2n) is 5.07. The standard InChI is InChI=1S/C17H15FN2O/c1-11-6-7-13(18)8-12(11)9-17(21)16-10-19-14-4-2-3-5-15(14)20-16/h2-8,10,17,21H,9H2,1H3. The molecule has 1 aromatic heterocycles. The molecular weight excluding hydrogens is 267 g/mol. The van der Waals surface area contributed by atoms with E-state index in [0.29, 0.717) is 12.1 Å². The summed E-state index contributed by atoms with van der Waals surface area (Å²) in [4.78, 5) is 8.70. The van der Waals surface area contributed by atoms with Crippen LogP contribution in [-0.4, -0.2) is 15.1 Å². The summed E-state index contributed by atoms with van der Waals surface area (Å²) < 4.78 is 13.3. The molecule has 0 amide bonds. The van der Waals surface area contributed by atoms with Crippen LogP contribution in [0.15, 0.2) is 48.7 Å². The minimum atomic E-state index is -0.803. The highest BCUT2D eigenvalue weighted by molar-refractivity contribution is 5.73. The van der Waals surface area contributed by atoms with Gasteiger partial charge < -0.3 is 5.11 Å². The molecule has 0 bridgehead atoms. The zero-order valence-electron chi connectivity index (χ0n) is 11.6. The van der Waals surface area contributed by atoms with Crippen LogP contribution in [-0.2, 0) is 6.42 Å². The fourth-order valence-corrected chi connectivity index (χ4v) is 2.30. The van der Waals surface area contributed by atoms with Gasteiger partial charge in [-0.25, -0.2) is 9.37 Å². The van der Waals surface area contributed by atoms with E-state index in [9.17, 15) is 9.50 Å². The molecule has 1 unspecified atom stereocenters. The molecule has 0 aliphatic heterocycles. The number of rotatable bonds is 3. The molecule has 0 fully saturated rings. The Kier molecular flexibility index (Phi) is 3.62. The number of para-hydroxylation sites is 2. The average Bonchev–Trinajstić information content (AvgIpc) is 2.50. The molecule has 2 aromatic carbocycles. The van der Waals surface area contributed by atoms with Crippen LogP contribution in [0, 0.1) is 12.7 Å². The fraction of sp³-hybridized carbons (Fsp3) is 0.176. The van der Waals surface area contributed by atoms with Crippen molar-refractivity contribution in [2.24, 2.45) is 0 Å². The Hall–Kier alpha value is -2.33. The van der Waals surface area contributed by atoms with E-state index in [2.05, 4.69) is 9.97 Å². The molecule has 1 N–H and O–H groups in total. The van der Waals surface area contributed by atoms with Gasteiger partial charge in [0.05, 0.1) is 22.9 Å². The van der Waals surface area contributed by atoms with Gasteiger partial charge in [0.1, 0.15) is 11.9 Å². The van der Waals surface area contributed by atoms with Gasteiger partial charge in [0.25, 0.3) is 0 Å². The lowest BCUT2D eigenvalue weighted by molar-refractivity contribution is 0.173. The van der Waals surface area contributed by atoms with Crippen molar-refractivity contribution >= 4 is 11.0 Å². The van der Waals surface area contributed by atoms with Crippen molar-refractivity contribution in [2.45, 2.75) is 19.4 Å². The molecule has 0 saturated heterocycles. The number of fused-ring (bicyclic) bond motifs is 1. The van der Waals surface area contributed by atoms with Crippen molar-refractivity contribution in [2.75, 3.05) is 0 Å². The van der Waals surface area contributed by atoms with Gasteiger partial charge in [-0.3, -0.25) is 4.98 Å². The third-order valence-corrected chi connectivity index (χ3v) is 3.53. The van der Waals surface area contributed by atoms with Crippen molar-refractivity contribution in [3.05, 3.63) is 71.3 Å². The van der Waals surface area contributed by atoms with E-state index in [1.807, 2.05) is 31.2 Å². The highest BCUT2D eigenvalue weighted by Crippen LogP contribution is 2.21. The molecule has 21 heavy (non-hydrogen) atoms. The molecule has 0 aliphatic rings. The monoisotopic (exact) mass is 282 g/mol. The van der Waals surface area contributed by atoms with E-state index >= 15 is 0 Å². The second kappa shape index (κ2) is 5.58. The Bertz CT molecular complexity index is 789. The lowest BCUT2D eigenvalue weighted by atomic mass is 10.0. The van der Waals surface area contributed by atoms with E-state index in [4.69, 9.17) is 0 Å². The smallest absolute Gasteiger partial charge is 0.123 e. The van der Waals surface area contributed by atoms with Crippen LogP contribution in [0.5, 0.6) is 0 Å². The summed E-state index contributed by atoms with van der Waals surface area (Å²) in [6.07, 6.45) is 1.08. The highest BCUT2D eigenvalue weighted by Gasteiger charge is 2.13. The number of aromatic nitrogens is 2. The molecule has 3 nitrogen and oxygen atoms in total. The number of aryl methyl sites for hydroxylation is 1. The number of hydrogen-bond donors (Lipinski definition) is 1. The summed E-state index contributed by atoms with van der Waals surface area (Å²) in [5.74, 6) is -0.299. The first-order chi connectivity index (χ1) is 10.1. The first-order valence-corrected chi connectivity index (χ1v) is 6.78. The number of nitrogens with zero attached hydrogens (tertiary/aromatic N) is 2. The number of aliphatic hydroxyl groups is 1. The zero-order valence-corrected chi connectivity index (χ0v) is 11.6. The van der Waals surface area contributed by atoms with Crippen LogP contribution in [0.2, 0.25) is 0 Å². The SMILES string of the molecule is Cc1ccc(F)cc1CC(O)c1cnc2ccccc2n1. The molecule has 0 spiro atoms. The van der Waals surface area contributed by atoms with Gasteiger partial charge in [-0.2, -0.15) is 0 Å². The molecule has 0 aliphatic carbocycles. The van der Waals surface area contributed by atoms with Gasteiger partial charge in [-0.1, -0.05) is 18.2 Å². The summed E-state index contributed by atoms with van der Waals surface area (Å²) >= 11 is 0. The van der Waals surface area contributed by atoms with Crippen molar-refractivity contribution in [1.29, 1.82) is 0 Å². The Labute approximate surface area is 122 Å². The first kappa shape index (κ1) is 13.6. The van der Waals surface area contributed by atoms with Crippen molar-refractivity contribution in [3.8, 4) is 0 Å². The van der Waals surface area contributed by atoms with Crippen molar-refractivity contribution in [1.82, 2.24) is 9.97 Å². The summed E-state index contributed by atoms with van der Waals surface area (Å²) in [7, 11) is 0. The normalized spacial score (nSPS) is 12.5. The van der Waals surface area contributed by atoms with Crippen LogP contribution in [0.25, 0.3) is 11.0 Å². The Morgan fingerprint density at radius 2 is 1.90 bits per heavy atom. The predicted molar refractivity (Wildman–Crippen MR) is 79.3 cm³/mol. The van der Waals surface area contributed by atoms with E-state index in [0.717, 1.165) is 22.2 Å².